The molecule has 0 radical (unpaired) electrons. The van der Waals surface area contributed by atoms with Crippen LogP contribution in [-0.2, 0) is 13.1 Å². The van der Waals surface area contributed by atoms with Gasteiger partial charge in [0, 0.05) is 19.3 Å². The molecule has 4 heterocycles. The minimum absolute atomic E-state index is 0.199. The van der Waals surface area contributed by atoms with E-state index in [1.807, 2.05) is 17.6 Å². The van der Waals surface area contributed by atoms with Gasteiger partial charge >= 0.3 is 0 Å². The highest BCUT2D eigenvalue weighted by Gasteiger charge is 2.20. The van der Waals surface area contributed by atoms with E-state index in [-0.39, 0.29) is 5.82 Å². The Labute approximate surface area is 153 Å². The van der Waals surface area contributed by atoms with Crippen LogP contribution in [0.3, 0.4) is 0 Å². The first kappa shape index (κ1) is 16.3. The van der Waals surface area contributed by atoms with Gasteiger partial charge < -0.3 is 15.6 Å². The Hall–Kier alpha value is -3.20. The number of hydrogen-bond donors (Lipinski definition) is 2. The lowest BCUT2D eigenvalue weighted by Gasteiger charge is -2.10. The average molecular weight is 371 g/mol. The molecule has 0 saturated heterocycles. The second-order valence-corrected chi connectivity index (χ2v) is 5.96. The third-order valence-electron chi connectivity index (χ3n) is 3.96. The molecule has 0 unspecified atom stereocenters. The van der Waals surface area contributed by atoms with Gasteiger partial charge in [-0.1, -0.05) is 17.7 Å². The van der Waals surface area contributed by atoms with Crippen molar-refractivity contribution < 1.29 is 4.63 Å². The van der Waals surface area contributed by atoms with Gasteiger partial charge in [0.15, 0.2) is 17.3 Å². The number of anilines is 2. The molecule has 0 amide bonds. The number of halogens is 1. The number of nitrogens with zero attached hydrogens (tertiary/aromatic N) is 6. The van der Waals surface area contributed by atoms with Crippen LogP contribution in [-0.4, -0.2) is 29.8 Å². The van der Waals surface area contributed by atoms with Crippen LogP contribution in [0.15, 0.2) is 35.4 Å². The Morgan fingerprint density at radius 3 is 2.81 bits per heavy atom. The molecule has 0 saturated carbocycles. The molecule has 0 atom stereocenters. The van der Waals surface area contributed by atoms with Crippen molar-refractivity contribution in [3.05, 3.63) is 41.4 Å². The molecule has 0 fully saturated rings. The van der Waals surface area contributed by atoms with Gasteiger partial charge in [-0.3, -0.25) is 4.98 Å². The summed E-state index contributed by atoms with van der Waals surface area (Å²) in [5, 5.41) is 11.3. The maximum absolute atomic E-state index is 5.83. The Balaban J connectivity index is 1.74. The molecule has 0 aliphatic carbocycles. The average Bonchev–Trinajstić information content (AvgIpc) is 3.24. The van der Waals surface area contributed by atoms with E-state index < -0.39 is 0 Å². The predicted molar refractivity (Wildman–Crippen MR) is 97.5 cm³/mol. The smallest absolute Gasteiger partial charge is 0.199 e. The topological polar surface area (TPSA) is 121 Å². The molecule has 4 rings (SSSR count). The number of rotatable bonds is 5. The first-order chi connectivity index (χ1) is 12.7. The van der Waals surface area contributed by atoms with E-state index in [9.17, 15) is 0 Å². The summed E-state index contributed by atoms with van der Waals surface area (Å²) in [5.74, 6) is 0.787. The summed E-state index contributed by atoms with van der Waals surface area (Å²) in [4.78, 5) is 13.0. The molecule has 0 aromatic carbocycles. The van der Waals surface area contributed by atoms with Crippen LogP contribution < -0.4 is 11.1 Å². The number of nitrogen functional groups attached to an aromatic ring is 1. The molecular weight excluding hydrogens is 356 g/mol. The van der Waals surface area contributed by atoms with E-state index in [0.29, 0.717) is 29.8 Å². The number of nitrogens with one attached hydrogen (secondary N) is 1. The molecule has 0 spiro atoms. The van der Waals surface area contributed by atoms with Crippen molar-refractivity contribution in [1.82, 2.24) is 29.8 Å². The summed E-state index contributed by atoms with van der Waals surface area (Å²) in [6, 6.07) is 3.67. The maximum Gasteiger partial charge on any atom is 0.199 e. The maximum atomic E-state index is 5.83. The fraction of sp³-hybridized carbons (Fsp3) is 0.188. The standard InChI is InChI=1S/C16H15ClN8O/c1-2-25-14-10(20-5-9-3-4-12(17)21-6-9)7-19-8-11(14)22-16(25)13-15(18)24-26-23-13/h3-4,6-8,20H,2,5H2,1H3,(H2,18,24). The first-order valence-corrected chi connectivity index (χ1v) is 8.32. The summed E-state index contributed by atoms with van der Waals surface area (Å²) in [6.45, 7) is 3.25. The number of fused-ring (bicyclic) bond motifs is 1. The molecule has 132 valence electrons. The summed E-state index contributed by atoms with van der Waals surface area (Å²) < 4.78 is 6.71. The lowest BCUT2D eigenvalue weighted by molar-refractivity contribution is 0.310. The SMILES string of the molecule is CCn1c(-c2nonc2N)nc2cncc(NCc3ccc(Cl)nc3)c21. The van der Waals surface area contributed by atoms with Crippen molar-refractivity contribution in [2.75, 3.05) is 11.1 Å². The van der Waals surface area contributed by atoms with E-state index in [2.05, 4.69) is 30.6 Å². The Morgan fingerprint density at radius 1 is 1.23 bits per heavy atom. The molecule has 26 heavy (non-hydrogen) atoms. The van der Waals surface area contributed by atoms with Crippen LogP contribution >= 0.6 is 11.6 Å². The van der Waals surface area contributed by atoms with Crippen molar-refractivity contribution in [2.24, 2.45) is 0 Å². The van der Waals surface area contributed by atoms with Crippen LogP contribution in [0.1, 0.15) is 12.5 Å². The first-order valence-electron chi connectivity index (χ1n) is 7.94. The molecule has 0 aliphatic rings. The molecule has 0 aliphatic heterocycles. The summed E-state index contributed by atoms with van der Waals surface area (Å²) in [7, 11) is 0. The monoisotopic (exact) mass is 370 g/mol. The van der Waals surface area contributed by atoms with Crippen LogP contribution in [0.2, 0.25) is 5.15 Å². The van der Waals surface area contributed by atoms with Gasteiger partial charge in [0.1, 0.15) is 10.7 Å². The van der Waals surface area contributed by atoms with E-state index >= 15 is 0 Å². The Kier molecular flexibility index (Phi) is 4.13. The predicted octanol–water partition coefficient (Wildman–Crippen LogP) is 2.74. The zero-order valence-electron chi connectivity index (χ0n) is 13.8. The van der Waals surface area contributed by atoms with Crippen molar-refractivity contribution in [1.29, 1.82) is 0 Å². The van der Waals surface area contributed by atoms with E-state index in [1.54, 1.807) is 24.7 Å². The van der Waals surface area contributed by atoms with Gasteiger partial charge in [0.2, 0.25) is 0 Å². The summed E-state index contributed by atoms with van der Waals surface area (Å²) >= 11 is 5.83. The quantitative estimate of drug-likeness (QED) is 0.514. The highest BCUT2D eigenvalue weighted by molar-refractivity contribution is 6.29. The number of hydrogen-bond acceptors (Lipinski definition) is 8. The number of pyridine rings is 2. The van der Waals surface area contributed by atoms with Gasteiger partial charge in [-0.05, 0) is 28.9 Å². The van der Waals surface area contributed by atoms with E-state index in [0.717, 1.165) is 22.3 Å². The van der Waals surface area contributed by atoms with Gasteiger partial charge in [-0.2, -0.15) is 0 Å². The number of imidazole rings is 1. The third kappa shape index (κ3) is 2.82. The minimum Gasteiger partial charge on any atom is -0.379 e. The van der Waals surface area contributed by atoms with Crippen LogP contribution in [0.4, 0.5) is 11.5 Å². The normalized spacial score (nSPS) is 11.2. The van der Waals surface area contributed by atoms with Crippen LogP contribution in [0.5, 0.6) is 0 Å². The second-order valence-electron chi connectivity index (χ2n) is 5.58. The second kappa shape index (κ2) is 6.60. The fourth-order valence-electron chi connectivity index (χ4n) is 2.77. The summed E-state index contributed by atoms with van der Waals surface area (Å²) in [5.41, 5.74) is 9.72. The molecule has 4 aromatic rings. The van der Waals surface area contributed by atoms with E-state index in [4.69, 9.17) is 22.0 Å². The minimum atomic E-state index is 0.199. The number of nitrogens with two attached hydrogens (primary N) is 1. The van der Waals surface area contributed by atoms with Gasteiger partial charge in [-0.25, -0.2) is 14.6 Å². The van der Waals surface area contributed by atoms with Crippen LogP contribution in [0, 0.1) is 0 Å². The summed E-state index contributed by atoms with van der Waals surface area (Å²) in [6.07, 6.45) is 5.19. The molecule has 9 nitrogen and oxygen atoms in total. The molecule has 4 aromatic heterocycles. The Morgan fingerprint density at radius 2 is 2.12 bits per heavy atom. The zero-order chi connectivity index (χ0) is 18.1. The van der Waals surface area contributed by atoms with E-state index in [1.165, 1.54) is 0 Å². The van der Waals surface area contributed by atoms with Gasteiger partial charge in [0.05, 0.1) is 23.6 Å². The van der Waals surface area contributed by atoms with Crippen molar-refractivity contribution in [2.45, 2.75) is 20.0 Å². The third-order valence-corrected chi connectivity index (χ3v) is 4.19. The van der Waals surface area contributed by atoms with Crippen molar-refractivity contribution >= 4 is 34.1 Å². The largest absolute Gasteiger partial charge is 0.379 e. The fourth-order valence-corrected chi connectivity index (χ4v) is 2.88. The molecule has 3 N–H and O–H groups in total. The highest BCUT2D eigenvalue weighted by Crippen LogP contribution is 2.30. The molecule has 10 heteroatoms. The van der Waals surface area contributed by atoms with Gasteiger partial charge in [-0.15, -0.1) is 0 Å². The van der Waals surface area contributed by atoms with Gasteiger partial charge in [0.25, 0.3) is 0 Å². The Bertz CT molecular complexity index is 1060. The highest BCUT2D eigenvalue weighted by atomic mass is 35.5. The lowest BCUT2D eigenvalue weighted by atomic mass is 10.2. The number of aromatic nitrogens is 6. The van der Waals surface area contributed by atoms with Crippen LogP contribution in [0.25, 0.3) is 22.6 Å². The van der Waals surface area contributed by atoms with Crippen molar-refractivity contribution in [3.8, 4) is 11.5 Å². The lowest BCUT2D eigenvalue weighted by Crippen LogP contribution is -2.05. The zero-order valence-corrected chi connectivity index (χ0v) is 14.6. The number of aryl methyl sites for hydroxylation is 1. The van der Waals surface area contributed by atoms with Crippen molar-refractivity contribution in [3.63, 3.8) is 0 Å². The molecular formula is C16H15ClN8O. The molecule has 0 bridgehead atoms.